The average Bonchev–Trinajstić information content (AvgIpc) is 2.88. The number of fused-ring (bicyclic) bond motifs is 1. The van der Waals surface area contributed by atoms with Gasteiger partial charge in [0.25, 0.3) is 0 Å². The summed E-state index contributed by atoms with van der Waals surface area (Å²) in [5.41, 5.74) is 2.99. The number of rotatable bonds is 5. The lowest BCUT2D eigenvalue weighted by atomic mass is 10.2. The van der Waals surface area contributed by atoms with Crippen LogP contribution in [0.15, 0.2) is 53.7 Å². The molecule has 1 aromatic heterocycles. The molecule has 23 heavy (non-hydrogen) atoms. The summed E-state index contributed by atoms with van der Waals surface area (Å²) >= 11 is 7.36. The number of hydrogen-bond donors (Lipinski definition) is 1. The Labute approximate surface area is 143 Å². The second-order valence-corrected chi connectivity index (χ2v) is 6.52. The monoisotopic (exact) mass is 345 g/mol. The second-order valence-electron chi connectivity index (χ2n) is 5.14. The van der Waals surface area contributed by atoms with Crippen molar-refractivity contribution in [1.82, 2.24) is 14.9 Å². The SMILES string of the molecule is Cn1c(SCC(=O)NCc2cccc(Cl)c2)nc2ccccc21. The van der Waals surface area contributed by atoms with Crippen molar-refractivity contribution in [3.8, 4) is 0 Å². The van der Waals surface area contributed by atoms with Gasteiger partial charge in [-0.3, -0.25) is 4.79 Å². The van der Waals surface area contributed by atoms with Gasteiger partial charge in [-0.05, 0) is 29.8 Å². The normalized spacial score (nSPS) is 10.9. The van der Waals surface area contributed by atoms with Crippen LogP contribution in [-0.4, -0.2) is 21.2 Å². The molecule has 4 nitrogen and oxygen atoms in total. The van der Waals surface area contributed by atoms with E-state index >= 15 is 0 Å². The van der Waals surface area contributed by atoms with Gasteiger partial charge in [-0.1, -0.05) is 47.6 Å². The second kappa shape index (κ2) is 7.06. The first-order valence-electron chi connectivity index (χ1n) is 7.19. The topological polar surface area (TPSA) is 46.9 Å². The maximum Gasteiger partial charge on any atom is 0.230 e. The molecule has 1 N–H and O–H groups in total. The number of nitrogens with zero attached hydrogens (tertiary/aromatic N) is 2. The third-order valence-electron chi connectivity index (χ3n) is 3.46. The highest BCUT2D eigenvalue weighted by molar-refractivity contribution is 7.99. The third-order valence-corrected chi connectivity index (χ3v) is 4.72. The maximum absolute atomic E-state index is 12.0. The standard InChI is InChI=1S/C17H16ClN3OS/c1-21-15-8-3-2-7-14(15)20-17(21)23-11-16(22)19-10-12-5-4-6-13(18)9-12/h2-9H,10-11H2,1H3,(H,19,22). The van der Waals surface area contributed by atoms with Crippen LogP contribution in [0.4, 0.5) is 0 Å². The summed E-state index contributed by atoms with van der Waals surface area (Å²) in [6.07, 6.45) is 0. The zero-order chi connectivity index (χ0) is 16.2. The molecule has 0 aliphatic carbocycles. The van der Waals surface area contributed by atoms with Crippen LogP contribution in [0.25, 0.3) is 11.0 Å². The Morgan fingerprint density at radius 2 is 2.09 bits per heavy atom. The fourth-order valence-corrected chi connectivity index (χ4v) is 3.31. The Kier molecular flexibility index (Phi) is 4.88. The Hall–Kier alpha value is -1.98. The van der Waals surface area contributed by atoms with Crippen LogP contribution in [0.3, 0.4) is 0 Å². The summed E-state index contributed by atoms with van der Waals surface area (Å²) < 4.78 is 2.00. The molecule has 0 aliphatic heterocycles. The highest BCUT2D eigenvalue weighted by Crippen LogP contribution is 2.22. The molecular formula is C17H16ClN3OS. The van der Waals surface area contributed by atoms with Crippen molar-refractivity contribution in [2.24, 2.45) is 7.05 Å². The summed E-state index contributed by atoms with van der Waals surface area (Å²) in [6.45, 7) is 0.475. The lowest BCUT2D eigenvalue weighted by Crippen LogP contribution is -2.24. The van der Waals surface area contributed by atoms with Crippen LogP contribution in [-0.2, 0) is 18.4 Å². The molecule has 2 aromatic carbocycles. The molecule has 0 bridgehead atoms. The van der Waals surface area contributed by atoms with Crippen LogP contribution >= 0.6 is 23.4 Å². The number of imidazole rings is 1. The van der Waals surface area contributed by atoms with E-state index in [1.165, 1.54) is 11.8 Å². The molecule has 1 amide bonds. The molecule has 118 valence electrons. The van der Waals surface area contributed by atoms with E-state index in [1.807, 2.05) is 60.1 Å². The number of nitrogens with one attached hydrogen (secondary N) is 1. The highest BCUT2D eigenvalue weighted by Gasteiger charge is 2.10. The first-order chi connectivity index (χ1) is 11.1. The summed E-state index contributed by atoms with van der Waals surface area (Å²) in [5.74, 6) is 0.305. The van der Waals surface area contributed by atoms with Gasteiger partial charge in [0.2, 0.25) is 5.91 Å². The molecule has 0 spiro atoms. The van der Waals surface area contributed by atoms with Gasteiger partial charge >= 0.3 is 0 Å². The molecule has 3 rings (SSSR count). The number of carbonyl (C=O) groups excluding carboxylic acids is 1. The highest BCUT2D eigenvalue weighted by atomic mass is 35.5. The third kappa shape index (κ3) is 3.86. The number of thioether (sulfide) groups is 1. The molecule has 0 radical (unpaired) electrons. The molecule has 0 saturated heterocycles. The molecule has 0 atom stereocenters. The summed E-state index contributed by atoms with van der Waals surface area (Å²) in [7, 11) is 1.96. The van der Waals surface area contributed by atoms with Crippen molar-refractivity contribution in [2.45, 2.75) is 11.7 Å². The fraction of sp³-hybridized carbons (Fsp3) is 0.176. The van der Waals surface area contributed by atoms with Crippen molar-refractivity contribution in [2.75, 3.05) is 5.75 Å². The van der Waals surface area contributed by atoms with E-state index in [4.69, 9.17) is 11.6 Å². The first kappa shape index (κ1) is 15.9. The number of hydrogen-bond acceptors (Lipinski definition) is 3. The first-order valence-corrected chi connectivity index (χ1v) is 8.55. The summed E-state index contributed by atoms with van der Waals surface area (Å²) in [4.78, 5) is 16.5. The van der Waals surface area contributed by atoms with Crippen molar-refractivity contribution in [3.63, 3.8) is 0 Å². The number of halogens is 1. The molecule has 0 fully saturated rings. The molecule has 0 aliphatic rings. The van der Waals surface area contributed by atoms with Gasteiger partial charge in [-0.25, -0.2) is 4.98 Å². The Bertz CT molecular complexity index is 847. The van der Waals surface area contributed by atoms with E-state index < -0.39 is 0 Å². The number of benzene rings is 2. The molecule has 6 heteroatoms. The minimum Gasteiger partial charge on any atom is -0.351 e. The molecule has 0 unspecified atom stereocenters. The molecule has 0 saturated carbocycles. The average molecular weight is 346 g/mol. The Morgan fingerprint density at radius 3 is 2.87 bits per heavy atom. The van der Waals surface area contributed by atoms with Crippen LogP contribution in [0, 0.1) is 0 Å². The largest absolute Gasteiger partial charge is 0.351 e. The van der Waals surface area contributed by atoms with Gasteiger partial charge < -0.3 is 9.88 Å². The minimum atomic E-state index is -0.0259. The van der Waals surface area contributed by atoms with Crippen molar-refractivity contribution < 1.29 is 4.79 Å². The number of amides is 1. The molecular weight excluding hydrogens is 330 g/mol. The van der Waals surface area contributed by atoms with Gasteiger partial charge in [0.1, 0.15) is 0 Å². The number of aromatic nitrogens is 2. The van der Waals surface area contributed by atoms with E-state index in [9.17, 15) is 4.79 Å². The number of para-hydroxylation sites is 2. The molecule has 1 heterocycles. The smallest absolute Gasteiger partial charge is 0.230 e. The molecule has 3 aromatic rings. The van der Waals surface area contributed by atoms with Crippen molar-refractivity contribution in [3.05, 3.63) is 59.1 Å². The number of aryl methyl sites for hydroxylation is 1. The fourth-order valence-electron chi connectivity index (χ4n) is 2.28. The van der Waals surface area contributed by atoms with E-state index in [0.717, 1.165) is 21.8 Å². The lowest BCUT2D eigenvalue weighted by Gasteiger charge is -2.06. The van der Waals surface area contributed by atoms with Gasteiger partial charge in [0.15, 0.2) is 5.16 Å². The van der Waals surface area contributed by atoms with E-state index in [0.29, 0.717) is 17.3 Å². The zero-order valence-electron chi connectivity index (χ0n) is 12.6. The van der Waals surface area contributed by atoms with Gasteiger partial charge in [0.05, 0.1) is 16.8 Å². The number of carbonyl (C=O) groups is 1. The predicted octanol–water partition coefficient (Wildman–Crippen LogP) is 3.64. The summed E-state index contributed by atoms with van der Waals surface area (Å²) in [5, 5.41) is 4.40. The lowest BCUT2D eigenvalue weighted by molar-refractivity contribution is -0.118. The van der Waals surface area contributed by atoms with Crippen LogP contribution in [0.5, 0.6) is 0 Å². The van der Waals surface area contributed by atoms with Crippen LogP contribution < -0.4 is 5.32 Å². The zero-order valence-corrected chi connectivity index (χ0v) is 14.2. The minimum absolute atomic E-state index is 0.0259. The van der Waals surface area contributed by atoms with Gasteiger partial charge in [-0.15, -0.1) is 0 Å². The van der Waals surface area contributed by atoms with E-state index in [2.05, 4.69) is 10.3 Å². The van der Waals surface area contributed by atoms with Gasteiger partial charge in [-0.2, -0.15) is 0 Å². The predicted molar refractivity (Wildman–Crippen MR) is 94.7 cm³/mol. The van der Waals surface area contributed by atoms with Crippen LogP contribution in [0.1, 0.15) is 5.56 Å². The van der Waals surface area contributed by atoms with E-state index in [-0.39, 0.29) is 5.91 Å². The van der Waals surface area contributed by atoms with Crippen molar-refractivity contribution in [1.29, 1.82) is 0 Å². The van der Waals surface area contributed by atoms with Crippen LogP contribution in [0.2, 0.25) is 5.02 Å². The van der Waals surface area contributed by atoms with Gasteiger partial charge in [0, 0.05) is 18.6 Å². The van der Waals surface area contributed by atoms with E-state index in [1.54, 1.807) is 0 Å². The van der Waals surface area contributed by atoms with Crippen molar-refractivity contribution >= 4 is 40.3 Å². The maximum atomic E-state index is 12.0. The Morgan fingerprint density at radius 1 is 1.26 bits per heavy atom. The Balaban J connectivity index is 1.57. The summed E-state index contributed by atoms with van der Waals surface area (Å²) in [6, 6.07) is 15.4. The quantitative estimate of drug-likeness (QED) is 0.718.